The molecule has 2 aliphatic rings. The van der Waals surface area contributed by atoms with Crippen LogP contribution >= 0.6 is 0 Å². The van der Waals surface area contributed by atoms with Crippen LogP contribution in [0.1, 0.15) is 46.0 Å². The average Bonchev–Trinajstić information content (AvgIpc) is 2.42. The summed E-state index contributed by atoms with van der Waals surface area (Å²) in [6, 6.07) is 0. The van der Waals surface area contributed by atoms with Gasteiger partial charge in [-0.25, -0.2) is 0 Å². The normalized spacial score (nSPS) is 33.5. The zero-order valence-corrected chi connectivity index (χ0v) is 14.0. The van der Waals surface area contributed by atoms with Crippen molar-refractivity contribution in [2.75, 3.05) is 52.9 Å². The number of likely N-dealkylation sites (N-methyl/N-ethyl adjacent to an activating group) is 1. The Kier molecular flexibility index (Phi) is 6.31. The third kappa shape index (κ3) is 4.71. The van der Waals surface area contributed by atoms with Crippen LogP contribution in [-0.2, 0) is 0 Å². The molecule has 1 aliphatic carbocycles. The molecule has 0 aromatic carbocycles. The van der Waals surface area contributed by atoms with E-state index < -0.39 is 0 Å². The molecule has 0 amide bonds. The van der Waals surface area contributed by atoms with Crippen LogP contribution in [-0.4, -0.2) is 62.7 Å². The van der Waals surface area contributed by atoms with Crippen molar-refractivity contribution in [3.05, 3.63) is 0 Å². The topological polar surface area (TPSA) is 18.5 Å². The average molecular weight is 281 g/mol. The lowest BCUT2D eigenvalue weighted by atomic mass is 9.69. The number of nitrogens with zero attached hydrogens (tertiary/aromatic N) is 2. The molecule has 1 saturated heterocycles. The molecule has 2 unspecified atom stereocenters. The molecule has 3 heteroatoms. The molecule has 1 saturated carbocycles. The molecule has 0 aromatic rings. The van der Waals surface area contributed by atoms with Gasteiger partial charge in [0.05, 0.1) is 0 Å². The van der Waals surface area contributed by atoms with E-state index in [0.717, 1.165) is 5.92 Å². The smallest absolute Gasteiger partial charge is 0.0110 e. The Morgan fingerprint density at radius 3 is 2.60 bits per heavy atom. The molecule has 20 heavy (non-hydrogen) atoms. The van der Waals surface area contributed by atoms with Crippen LogP contribution in [0.5, 0.6) is 0 Å². The van der Waals surface area contributed by atoms with Crippen LogP contribution in [0.25, 0.3) is 0 Å². The van der Waals surface area contributed by atoms with Crippen LogP contribution < -0.4 is 5.32 Å². The van der Waals surface area contributed by atoms with E-state index >= 15 is 0 Å². The van der Waals surface area contributed by atoms with E-state index in [-0.39, 0.29) is 0 Å². The first kappa shape index (κ1) is 16.3. The Morgan fingerprint density at radius 2 is 1.95 bits per heavy atom. The number of hydrogen-bond donors (Lipinski definition) is 1. The summed E-state index contributed by atoms with van der Waals surface area (Å²) < 4.78 is 0. The summed E-state index contributed by atoms with van der Waals surface area (Å²) in [4.78, 5) is 5.19. The highest BCUT2D eigenvalue weighted by molar-refractivity contribution is 4.90. The molecule has 0 bridgehead atoms. The molecule has 1 heterocycles. The van der Waals surface area contributed by atoms with Crippen molar-refractivity contribution in [1.82, 2.24) is 15.1 Å². The van der Waals surface area contributed by atoms with Gasteiger partial charge in [0.25, 0.3) is 0 Å². The van der Waals surface area contributed by atoms with Gasteiger partial charge in [-0.1, -0.05) is 26.7 Å². The zero-order chi connectivity index (χ0) is 14.4. The first-order chi connectivity index (χ1) is 9.63. The summed E-state index contributed by atoms with van der Waals surface area (Å²) >= 11 is 0. The largest absolute Gasteiger partial charge is 0.316 e. The Balaban J connectivity index is 1.91. The van der Waals surface area contributed by atoms with E-state index in [4.69, 9.17) is 0 Å². The lowest BCUT2D eigenvalue weighted by molar-refractivity contribution is 0.0550. The minimum Gasteiger partial charge on any atom is -0.316 e. The summed E-state index contributed by atoms with van der Waals surface area (Å²) in [5.74, 6) is 0.916. The fourth-order valence-corrected chi connectivity index (χ4v) is 4.14. The van der Waals surface area contributed by atoms with Gasteiger partial charge in [0.2, 0.25) is 0 Å². The van der Waals surface area contributed by atoms with Gasteiger partial charge >= 0.3 is 0 Å². The van der Waals surface area contributed by atoms with Crippen molar-refractivity contribution in [1.29, 1.82) is 0 Å². The van der Waals surface area contributed by atoms with Crippen molar-refractivity contribution >= 4 is 0 Å². The molecule has 118 valence electrons. The molecule has 3 nitrogen and oxygen atoms in total. The summed E-state index contributed by atoms with van der Waals surface area (Å²) in [5, 5.41) is 3.73. The van der Waals surface area contributed by atoms with Crippen molar-refractivity contribution in [3.63, 3.8) is 0 Å². The van der Waals surface area contributed by atoms with E-state index in [1.54, 1.807) is 0 Å². The van der Waals surface area contributed by atoms with E-state index in [2.05, 4.69) is 36.0 Å². The highest BCUT2D eigenvalue weighted by Gasteiger charge is 2.36. The molecule has 0 aromatic heterocycles. The van der Waals surface area contributed by atoms with Gasteiger partial charge < -0.3 is 15.1 Å². The third-order valence-corrected chi connectivity index (χ3v) is 5.27. The number of piperazine rings is 1. The first-order valence-electron chi connectivity index (χ1n) is 8.75. The van der Waals surface area contributed by atoms with E-state index in [1.807, 2.05) is 0 Å². The molecule has 1 aliphatic heterocycles. The maximum absolute atomic E-state index is 3.73. The van der Waals surface area contributed by atoms with Crippen LogP contribution in [0.4, 0.5) is 0 Å². The fraction of sp³-hybridized carbons (Fsp3) is 1.00. The molecular weight excluding hydrogens is 246 g/mol. The molecule has 0 spiro atoms. The maximum Gasteiger partial charge on any atom is 0.0110 e. The second-order valence-corrected chi connectivity index (χ2v) is 7.46. The van der Waals surface area contributed by atoms with Crippen LogP contribution in [0, 0.1) is 11.3 Å². The first-order valence-corrected chi connectivity index (χ1v) is 8.75. The van der Waals surface area contributed by atoms with Crippen molar-refractivity contribution in [3.8, 4) is 0 Å². The molecular formula is C17H35N3. The van der Waals surface area contributed by atoms with Gasteiger partial charge in [0.1, 0.15) is 0 Å². The van der Waals surface area contributed by atoms with Gasteiger partial charge in [-0.15, -0.1) is 0 Å². The van der Waals surface area contributed by atoms with Gasteiger partial charge in [0, 0.05) is 39.3 Å². The Morgan fingerprint density at radius 1 is 1.20 bits per heavy atom. The maximum atomic E-state index is 3.73. The van der Waals surface area contributed by atoms with Crippen molar-refractivity contribution < 1.29 is 0 Å². The molecule has 0 radical (unpaired) electrons. The van der Waals surface area contributed by atoms with E-state index in [1.165, 1.54) is 77.9 Å². The number of rotatable bonds is 6. The van der Waals surface area contributed by atoms with Gasteiger partial charge in [0.15, 0.2) is 0 Å². The highest BCUT2D eigenvalue weighted by atomic mass is 15.2. The van der Waals surface area contributed by atoms with Gasteiger partial charge in [-0.3, -0.25) is 0 Å². The van der Waals surface area contributed by atoms with Crippen LogP contribution in [0.3, 0.4) is 0 Å². The van der Waals surface area contributed by atoms with Crippen LogP contribution in [0.2, 0.25) is 0 Å². The lowest BCUT2D eigenvalue weighted by Gasteiger charge is -2.45. The quantitative estimate of drug-likeness (QED) is 0.754. The minimum atomic E-state index is 0.544. The van der Waals surface area contributed by atoms with Crippen molar-refractivity contribution in [2.24, 2.45) is 11.3 Å². The number of hydrogen-bond acceptors (Lipinski definition) is 3. The predicted octanol–water partition coefficient (Wildman–Crippen LogP) is 2.43. The molecule has 2 rings (SSSR count). The summed E-state index contributed by atoms with van der Waals surface area (Å²) in [7, 11) is 2.25. The fourth-order valence-electron chi connectivity index (χ4n) is 4.14. The standard InChI is InChI=1S/C17H35N3/c1-4-8-18-14-17(7-5-6-16(2)13-17)15-20-11-9-19(3)10-12-20/h16,18H,4-15H2,1-3H3. The second-order valence-electron chi connectivity index (χ2n) is 7.46. The Bertz CT molecular complexity index is 273. The SMILES string of the molecule is CCCNCC1(CN2CCN(C)CC2)CCCC(C)C1. The molecule has 2 fully saturated rings. The van der Waals surface area contributed by atoms with Crippen molar-refractivity contribution in [2.45, 2.75) is 46.0 Å². The van der Waals surface area contributed by atoms with Gasteiger partial charge in [-0.05, 0) is 44.2 Å². The predicted molar refractivity (Wildman–Crippen MR) is 87.2 cm³/mol. The third-order valence-electron chi connectivity index (χ3n) is 5.27. The summed E-state index contributed by atoms with van der Waals surface area (Å²) in [6.45, 7) is 13.5. The van der Waals surface area contributed by atoms with Gasteiger partial charge in [-0.2, -0.15) is 0 Å². The summed E-state index contributed by atoms with van der Waals surface area (Å²) in [5.41, 5.74) is 0.544. The Labute approximate surface area is 126 Å². The lowest BCUT2D eigenvalue weighted by Crippen LogP contribution is -2.52. The second kappa shape index (κ2) is 7.77. The number of nitrogens with one attached hydrogen (secondary N) is 1. The van der Waals surface area contributed by atoms with E-state index in [0.29, 0.717) is 5.41 Å². The van der Waals surface area contributed by atoms with Crippen LogP contribution in [0.15, 0.2) is 0 Å². The highest BCUT2D eigenvalue weighted by Crippen LogP contribution is 2.39. The zero-order valence-electron chi connectivity index (χ0n) is 14.0. The molecule has 2 atom stereocenters. The van der Waals surface area contributed by atoms with E-state index in [9.17, 15) is 0 Å². The molecule has 1 N–H and O–H groups in total. The minimum absolute atomic E-state index is 0.544. The Hall–Kier alpha value is -0.120. The monoisotopic (exact) mass is 281 g/mol. The summed E-state index contributed by atoms with van der Waals surface area (Å²) in [6.07, 6.45) is 6.98.